The molecule has 0 N–H and O–H groups in total. The third kappa shape index (κ3) is 4.96. The molecular weight excluding hydrogens is 661 g/mol. The third-order valence-corrected chi connectivity index (χ3v) is 13.2. The smallest absolute Gasteiger partial charge is 0.0210 e. The molecule has 55 heavy (non-hydrogen) atoms. The lowest BCUT2D eigenvalue weighted by molar-refractivity contribution is 0.491. The molecule has 0 heterocycles. The van der Waals surface area contributed by atoms with Crippen LogP contribution in [0.2, 0.25) is 0 Å². The van der Waals surface area contributed by atoms with Gasteiger partial charge in [0.25, 0.3) is 0 Å². The maximum atomic E-state index is 2.57. The minimum absolute atomic E-state index is 0.0142. The fraction of sp³-hybridized carbons (Fsp3) is 0.236. The summed E-state index contributed by atoms with van der Waals surface area (Å²) in [4.78, 5) is 0. The zero-order chi connectivity index (χ0) is 37.8. The summed E-state index contributed by atoms with van der Waals surface area (Å²) in [7, 11) is 0. The molecule has 0 amide bonds. The Morgan fingerprint density at radius 2 is 1.00 bits per heavy atom. The summed E-state index contributed by atoms with van der Waals surface area (Å²) in [6, 6.07) is 51.9. The van der Waals surface area contributed by atoms with E-state index in [-0.39, 0.29) is 10.8 Å². The Kier molecular flexibility index (Phi) is 7.60. The van der Waals surface area contributed by atoms with Crippen molar-refractivity contribution in [2.45, 2.75) is 78.6 Å². The van der Waals surface area contributed by atoms with Crippen LogP contribution in [0.4, 0.5) is 0 Å². The highest BCUT2D eigenvalue weighted by atomic mass is 14.4. The van der Waals surface area contributed by atoms with Crippen molar-refractivity contribution >= 4 is 53.9 Å². The molecule has 0 atom stereocenters. The van der Waals surface area contributed by atoms with Gasteiger partial charge in [0.1, 0.15) is 0 Å². The van der Waals surface area contributed by atoms with Crippen molar-refractivity contribution in [1.29, 1.82) is 0 Å². The molecule has 0 bridgehead atoms. The highest BCUT2D eigenvalue weighted by molar-refractivity contribution is 6.25. The average Bonchev–Trinajstić information content (AvgIpc) is 3.46. The molecule has 10 rings (SSSR count). The first-order valence-corrected chi connectivity index (χ1v) is 20.6. The largest absolute Gasteiger partial charge is 0.0642 e. The van der Waals surface area contributed by atoms with E-state index in [2.05, 4.69) is 182 Å². The Balaban J connectivity index is 1.15. The predicted octanol–water partition coefficient (Wildman–Crippen LogP) is 15.8. The van der Waals surface area contributed by atoms with Crippen LogP contribution in [0.5, 0.6) is 0 Å². The van der Waals surface area contributed by atoms with E-state index in [4.69, 9.17) is 0 Å². The fourth-order valence-electron chi connectivity index (χ4n) is 10.8. The van der Waals surface area contributed by atoms with E-state index < -0.39 is 0 Å². The van der Waals surface area contributed by atoms with Gasteiger partial charge in [0.15, 0.2) is 0 Å². The molecule has 1 aliphatic carbocycles. The number of hydrogen-bond donors (Lipinski definition) is 0. The summed E-state index contributed by atoms with van der Waals surface area (Å²) in [5.41, 5.74) is 13.8. The molecule has 9 aromatic carbocycles. The zero-order valence-corrected chi connectivity index (χ0v) is 33.4. The van der Waals surface area contributed by atoms with E-state index >= 15 is 0 Å². The predicted molar refractivity (Wildman–Crippen MR) is 240 cm³/mol. The molecular formula is C55H50. The lowest BCUT2D eigenvalue weighted by Gasteiger charge is -2.31. The Hall–Kier alpha value is -5.46. The second kappa shape index (κ2) is 12.3. The summed E-state index contributed by atoms with van der Waals surface area (Å²) in [6.07, 6.45) is 3.21. The summed E-state index contributed by atoms with van der Waals surface area (Å²) < 4.78 is 0. The standard InChI is InChI=1S/C55H50/c1-8-55(9-2)48-31-36(40-24-20-35-18-19-37-29-34(28-33(3)4)30-38-23-27-45(40)52(35)50(37)38)21-25-41(48)42-26-22-39(32-49(42)55)51-43-14-10-12-16-46(43)53(54(5,6)7)47-17-13-11-15-44(47)51/h10-27,29-33H,8-9,28H2,1-7H3. The van der Waals surface area contributed by atoms with Crippen LogP contribution in [0.15, 0.2) is 133 Å². The Bertz CT molecular complexity index is 2900. The van der Waals surface area contributed by atoms with Crippen LogP contribution in [0, 0.1) is 5.92 Å². The quantitative estimate of drug-likeness (QED) is 0.119. The van der Waals surface area contributed by atoms with Gasteiger partial charge < -0.3 is 0 Å². The van der Waals surface area contributed by atoms with Crippen molar-refractivity contribution in [3.05, 3.63) is 156 Å². The summed E-state index contributed by atoms with van der Waals surface area (Å²) >= 11 is 0. The van der Waals surface area contributed by atoms with Crippen LogP contribution in [0.1, 0.15) is 83.6 Å². The molecule has 9 aromatic rings. The number of hydrogen-bond acceptors (Lipinski definition) is 0. The van der Waals surface area contributed by atoms with E-state index in [1.54, 1.807) is 0 Å². The summed E-state index contributed by atoms with van der Waals surface area (Å²) in [6.45, 7) is 16.5. The molecule has 0 fully saturated rings. The topological polar surface area (TPSA) is 0 Å². The first kappa shape index (κ1) is 34.1. The van der Waals surface area contributed by atoms with Gasteiger partial charge in [0, 0.05) is 5.41 Å². The third-order valence-electron chi connectivity index (χ3n) is 13.2. The van der Waals surface area contributed by atoms with Crippen LogP contribution in [-0.2, 0) is 17.3 Å². The minimum atomic E-state index is -0.0652. The van der Waals surface area contributed by atoms with E-state index in [1.165, 1.54) is 109 Å². The highest BCUT2D eigenvalue weighted by Gasteiger charge is 2.41. The molecule has 0 aromatic heterocycles. The summed E-state index contributed by atoms with van der Waals surface area (Å²) in [5.74, 6) is 0.635. The van der Waals surface area contributed by atoms with Crippen LogP contribution in [-0.4, -0.2) is 0 Å². The average molecular weight is 711 g/mol. The SMILES string of the molecule is CCC1(CC)c2cc(-c3c4ccccc4c(C(C)(C)C)c4ccccc34)ccc2-c2ccc(-c3ccc4ccc5cc(CC(C)C)cc6ccc3c4c56)cc21. The highest BCUT2D eigenvalue weighted by Crippen LogP contribution is 2.55. The van der Waals surface area contributed by atoms with Gasteiger partial charge in [-0.15, -0.1) is 0 Å². The Morgan fingerprint density at radius 1 is 0.491 bits per heavy atom. The second-order valence-electron chi connectivity index (χ2n) is 17.8. The first-order chi connectivity index (χ1) is 26.6. The van der Waals surface area contributed by atoms with Crippen molar-refractivity contribution < 1.29 is 0 Å². The van der Waals surface area contributed by atoms with Crippen LogP contribution in [0.3, 0.4) is 0 Å². The van der Waals surface area contributed by atoms with Gasteiger partial charge in [0.05, 0.1) is 0 Å². The van der Waals surface area contributed by atoms with Crippen molar-refractivity contribution in [2.75, 3.05) is 0 Å². The maximum Gasteiger partial charge on any atom is 0.0210 e. The van der Waals surface area contributed by atoms with Crippen LogP contribution < -0.4 is 0 Å². The van der Waals surface area contributed by atoms with E-state index in [0.717, 1.165) is 19.3 Å². The zero-order valence-electron chi connectivity index (χ0n) is 33.4. The first-order valence-electron chi connectivity index (χ1n) is 20.6. The van der Waals surface area contributed by atoms with Gasteiger partial charge in [-0.05, 0) is 152 Å². The molecule has 0 saturated carbocycles. The van der Waals surface area contributed by atoms with Gasteiger partial charge >= 0.3 is 0 Å². The molecule has 0 spiro atoms. The van der Waals surface area contributed by atoms with Gasteiger partial charge in [-0.3, -0.25) is 0 Å². The van der Waals surface area contributed by atoms with Gasteiger partial charge in [-0.1, -0.05) is 170 Å². The van der Waals surface area contributed by atoms with Crippen molar-refractivity contribution in [3.63, 3.8) is 0 Å². The van der Waals surface area contributed by atoms with Gasteiger partial charge in [-0.25, -0.2) is 0 Å². The van der Waals surface area contributed by atoms with Crippen LogP contribution in [0.25, 0.3) is 87.2 Å². The van der Waals surface area contributed by atoms with Crippen molar-refractivity contribution in [3.8, 4) is 33.4 Å². The Labute approximate surface area is 326 Å². The number of fused-ring (bicyclic) bond motifs is 5. The molecule has 270 valence electrons. The normalized spacial score (nSPS) is 13.9. The second-order valence-corrected chi connectivity index (χ2v) is 17.8. The molecule has 0 unspecified atom stereocenters. The number of rotatable bonds is 6. The monoisotopic (exact) mass is 710 g/mol. The van der Waals surface area contributed by atoms with Crippen molar-refractivity contribution in [2.24, 2.45) is 5.92 Å². The summed E-state index contributed by atoms with van der Waals surface area (Å²) in [5, 5.41) is 13.6. The van der Waals surface area contributed by atoms with Gasteiger partial charge in [0.2, 0.25) is 0 Å². The molecule has 0 radical (unpaired) electrons. The lowest BCUT2D eigenvalue weighted by Crippen LogP contribution is -2.23. The number of benzene rings is 9. The van der Waals surface area contributed by atoms with Gasteiger partial charge in [-0.2, -0.15) is 0 Å². The Morgan fingerprint density at radius 3 is 1.58 bits per heavy atom. The van der Waals surface area contributed by atoms with E-state index in [1.807, 2.05) is 0 Å². The van der Waals surface area contributed by atoms with E-state index in [9.17, 15) is 0 Å². The maximum absolute atomic E-state index is 2.57. The minimum Gasteiger partial charge on any atom is -0.0642 e. The lowest BCUT2D eigenvalue weighted by atomic mass is 9.72. The molecule has 0 saturated heterocycles. The molecule has 0 nitrogen and oxygen atoms in total. The molecule has 1 aliphatic rings. The van der Waals surface area contributed by atoms with E-state index in [0.29, 0.717) is 5.92 Å². The van der Waals surface area contributed by atoms with Crippen molar-refractivity contribution in [1.82, 2.24) is 0 Å². The fourth-order valence-corrected chi connectivity index (χ4v) is 10.8. The van der Waals surface area contributed by atoms with Crippen LogP contribution >= 0.6 is 0 Å². The molecule has 0 aliphatic heterocycles. The molecule has 0 heteroatoms.